The van der Waals surface area contributed by atoms with Crippen LogP contribution in [0.4, 0.5) is 0 Å². The summed E-state index contributed by atoms with van der Waals surface area (Å²) in [7, 11) is 0. The maximum absolute atomic E-state index is 13.0. The van der Waals surface area contributed by atoms with Crippen molar-refractivity contribution < 1.29 is 4.79 Å². The molecule has 142 valence electrons. The van der Waals surface area contributed by atoms with Gasteiger partial charge in [-0.15, -0.1) is 12.4 Å². The third kappa shape index (κ3) is 3.51. The standard InChI is InChI=1S/C20H28N4O.ClH/c1-13(2)20(4,12-21)22-19(25)18-15-9-7-11-17(15)24(23-18)16-10-6-5-8-14(16)3;/h5-6,8,10,13H,7,9,11-12,21H2,1-4H3,(H,22,25);1H. The van der Waals surface area contributed by atoms with Crippen molar-refractivity contribution in [1.82, 2.24) is 15.1 Å². The molecule has 5 nitrogen and oxygen atoms in total. The lowest BCUT2D eigenvalue weighted by molar-refractivity contribution is 0.0876. The number of hydrogen-bond acceptors (Lipinski definition) is 3. The van der Waals surface area contributed by atoms with Crippen molar-refractivity contribution in [2.75, 3.05) is 6.54 Å². The van der Waals surface area contributed by atoms with Gasteiger partial charge in [-0.2, -0.15) is 5.10 Å². The highest BCUT2D eigenvalue weighted by Gasteiger charge is 2.33. The number of benzene rings is 1. The van der Waals surface area contributed by atoms with E-state index in [1.807, 2.05) is 23.7 Å². The molecule has 0 saturated carbocycles. The Morgan fingerprint density at radius 2 is 2.04 bits per heavy atom. The lowest BCUT2D eigenvalue weighted by Gasteiger charge is -2.33. The molecule has 6 heteroatoms. The van der Waals surface area contributed by atoms with Crippen LogP contribution in [0.25, 0.3) is 5.69 Å². The van der Waals surface area contributed by atoms with Gasteiger partial charge in [0.25, 0.3) is 5.91 Å². The lowest BCUT2D eigenvalue weighted by Crippen LogP contribution is -2.55. The molecule has 0 aliphatic heterocycles. The van der Waals surface area contributed by atoms with Crippen molar-refractivity contribution in [2.45, 2.75) is 52.5 Å². The summed E-state index contributed by atoms with van der Waals surface area (Å²) in [4.78, 5) is 13.0. The van der Waals surface area contributed by atoms with Crippen LogP contribution in [0, 0.1) is 12.8 Å². The number of amides is 1. The molecule has 0 bridgehead atoms. The number of aryl methyl sites for hydroxylation is 1. The molecule has 0 fully saturated rings. The molecule has 1 heterocycles. The zero-order chi connectivity index (χ0) is 18.2. The lowest BCUT2D eigenvalue weighted by atomic mass is 9.88. The topological polar surface area (TPSA) is 72.9 Å². The Morgan fingerprint density at radius 1 is 1.35 bits per heavy atom. The number of hydrogen-bond donors (Lipinski definition) is 2. The fraction of sp³-hybridized carbons (Fsp3) is 0.500. The molecule has 3 N–H and O–H groups in total. The van der Waals surface area contributed by atoms with Gasteiger partial charge in [0.05, 0.1) is 11.2 Å². The quantitative estimate of drug-likeness (QED) is 0.841. The average molecular weight is 377 g/mol. The van der Waals surface area contributed by atoms with Crippen LogP contribution in [0.5, 0.6) is 0 Å². The van der Waals surface area contributed by atoms with Gasteiger partial charge in [-0.05, 0) is 50.7 Å². The fourth-order valence-electron chi connectivity index (χ4n) is 3.37. The second-order valence-electron chi connectivity index (χ2n) is 7.56. The summed E-state index contributed by atoms with van der Waals surface area (Å²) >= 11 is 0. The second kappa shape index (κ2) is 7.80. The molecule has 1 aliphatic carbocycles. The molecule has 0 radical (unpaired) electrons. The van der Waals surface area contributed by atoms with E-state index in [9.17, 15) is 4.79 Å². The summed E-state index contributed by atoms with van der Waals surface area (Å²) in [6.07, 6.45) is 2.94. The van der Waals surface area contributed by atoms with E-state index >= 15 is 0 Å². The smallest absolute Gasteiger partial charge is 0.272 e. The first-order chi connectivity index (χ1) is 11.9. The van der Waals surface area contributed by atoms with E-state index in [1.54, 1.807) is 0 Å². The minimum absolute atomic E-state index is 0. The molecule has 0 saturated heterocycles. The van der Waals surface area contributed by atoms with Gasteiger partial charge >= 0.3 is 0 Å². The van der Waals surface area contributed by atoms with Crippen LogP contribution in [-0.4, -0.2) is 27.8 Å². The first-order valence-electron chi connectivity index (χ1n) is 9.06. The van der Waals surface area contributed by atoms with Crippen LogP contribution < -0.4 is 11.1 Å². The van der Waals surface area contributed by atoms with Crippen molar-refractivity contribution >= 4 is 18.3 Å². The Morgan fingerprint density at radius 3 is 2.65 bits per heavy atom. The van der Waals surface area contributed by atoms with Crippen LogP contribution in [0.3, 0.4) is 0 Å². The number of halogens is 1. The number of nitrogens with two attached hydrogens (primary N) is 1. The predicted octanol–water partition coefficient (Wildman–Crippen LogP) is 3.19. The zero-order valence-electron chi connectivity index (χ0n) is 16.0. The monoisotopic (exact) mass is 376 g/mol. The van der Waals surface area contributed by atoms with Crippen molar-refractivity contribution in [3.63, 3.8) is 0 Å². The number of nitrogens with zero attached hydrogens (tertiary/aromatic N) is 2. The van der Waals surface area contributed by atoms with Gasteiger partial charge < -0.3 is 11.1 Å². The van der Waals surface area contributed by atoms with E-state index in [2.05, 4.69) is 38.2 Å². The molecule has 3 rings (SSSR count). The third-order valence-corrected chi connectivity index (χ3v) is 5.59. The fourth-order valence-corrected chi connectivity index (χ4v) is 3.37. The number of nitrogens with one attached hydrogen (secondary N) is 1. The summed E-state index contributed by atoms with van der Waals surface area (Å²) in [5.41, 5.74) is 10.5. The first kappa shape index (κ1) is 20.5. The van der Waals surface area contributed by atoms with Crippen molar-refractivity contribution in [3.05, 3.63) is 46.8 Å². The average Bonchev–Trinajstić information content (AvgIpc) is 3.17. The van der Waals surface area contributed by atoms with Crippen molar-refractivity contribution in [3.8, 4) is 5.69 Å². The van der Waals surface area contributed by atoms with Gasteiger partial charge in [-0.25, -0.2) is 4.68 Å². The number of fused-ring (bicyclic) bond motifs is 1. The summed E-state index contributed by atoms with van der Waals surface area (Å²) in [6, 6.07) is 8.16. The first-order valence-corrected chi connectivity index (χ1v) is 9.06. The molecular weight excluding hydrogens is 348 g/mol. The van der Waals surface area contributed by atoms with Crippen LogP contribution in [-0.2, 0) is 12.8 Å². The predicted molar refractivity (Wildman–Crippen MR) is 107 cm³/mol. The van der Waals surface area contributed by atoms with Crippen LogP contribution in [0.15, 0.2) is 24.3 Å². The summed E-state index contributed by atoms with van der Waals surface area (Å²) < 4.78 is 1.96. The van der Waals surface area contributed by atoms with Crippen LogP contribution in [0.1, 0.15) is 54.5 Å². The largest absolute Gasteiger partial charge is 0.344 e. The van der Waals surface area contributed by atoms with E-state index < -0.39 is 5.54 Å². The molecule has 26 heavy (non-hydrogen) atoms. The molecule has 1 atom stereocenters. The highest BCUT2D eigenvalue weighted by molar-refractivity contribution is 5.94. The van der Waals surface area contributed by atoms with E-state index in [4.69, 9.17) is 10.8 Å². The summed E-state index contributed by atoms with van der Waals surface area (Å²) in [6.45, 7) is 8.61. The van der Waals surface area contributed by atoms with E-state index in [1.165, 1.54) is 5.69 Å². The molecule has 0 spiro atoms. The van der Waals surface area contributed by atoms with Gasteiger partial charge in [0.1, 0.15) is 0 Å². The minimum atomic E-state index is -0.436. The minimum Gasteiger partial charge on any atom is -0.344 e. The summed E-state index contributed by atoms with van der Waals surface area (Å²) in [5.74, 6) is 0.125. The Bertz CT molecular complexity index is 799. The molecular formula is C20H29ClN4O. The SMILES string of the molecule is Cc1ccccc1-n1nc(C(=O)NC(C)(CN)C(C)C)c2c1CCC2.Cl. The number of aromatic nitrogens is 2. The number of para-hydroxylation sites is 1. The molecule has 1 aromatic carbocycles. The zero-order valence-corrected chi connectivity index (χ0v) is 16.8. The Labute approximate surface area is 161 Å². The van der Waals surface area contributed by atoms with Gasteiger partial charge in [0, 0.05) is 17.8 Å². The maximum Gasteiger partial charge on any atom is 0.272 e. The summed E-state index contributed by atoms with van der Waals surface area (Å²) in [5, 5.41) is 7.83. The van der Waals surface area contributed by atoms with Crippen molar-refractivity contribution in [1.29, 1.82) is 0 Å². The molecule has 1 unspecified atom stereocenters. The molecule has 2 aromatic rings. The molecule has 1 aliphatic rings. The third-order valence-electron chi connectivity index (χ3n) is 5.59. The van der Waals surface area contributed by atoms with Crippen LogP contribution >= 0.6 is 12.4 Å². The van der Waals surface area contributed by atoms with Gasteiger partial charge in [-0.1, -0.05) is 32.0 Å². The normalized spacial score (nSPS) is 15.3. The van der Waals surface area contributed by atoms with Gasteiger partial charge in [0.2, 0.25) is 0 Å². The number of carbonyl (C=O) groups excluding carboxylic acids is 1. The van der Waals surface area contributed by atoms with E-state index in [0.29, 0.717) is 12.2 Å². The molecule has 1 aromatic heterocycles. The Kier molecular flexibility index (Phi) is 6.14. The van der Waals surface area contributed by atoms with E-state index in [-0.39, 0.29) is 24.2 Å². The Hall–Kier alpha value is -1.85. The second-order valence-corrected chi connectivity index (χ2v) is 7.56. The van der Waals surface area contributed by atoms with E-state index in [0.717, 1.165) is 36.1 Å². The van der Waals surface area contributed by atoms with Crippen molar-refractivity contribution in [2.24, 2.45) is 11.7 Å². The molecule has 1 amide bonds. The van der Waals surface area contributed by atoms with Crippen LogP contribution in [0.2, 0.25) is 0 Å². The Balaban J connectivity index is 0.00000243. The number of rotatable bonds is 5. The maximum atomic E-state index is 13.0. The highest BCUT2D eigenvalue weighted by atomic mass is 35.5. The van der Waals surface area contributed by atoms with Gasteiger partial charge in [-0.3, -0.25) is 4.79 Å². The van der Waals surface area contributed by atoms with Gasteiger partial charge in [0.15, 0.2) is 5.69 Å². The highest BCUT2D eigenvalue weighted by Crippen LogP contribution is 2.29. The number of carbonyl (C=O) groups is 1.